The molecule has 4 heterocycles. The molecule has 0 aliphatic carbocycles. The van der Waals surface area contributed by atoms with Gasteiger partial charge in [-0.2, -0.15) is 14.7 Å². The van der Waals surface area contributed by atoms with E-state index in [-0.39, 0.29) is 12.5 Å². The predicted molar refractivity (Wildman–Crippen MR) is 132 cm³/mol. The number of nitrogens with zero attached hydrogens (tertiary/aromatic N) is 6. The molecule has 3 atom stereocenters. The summed E-state index contributed by atoms with van der Waals surface area (Å²) in [5.74, 6) is -0.501. The van der Waals surface area contributed by atoms with Crippen molar-refractivity contribution >= 4 is 29.7 Å². The number of benzene rings is 1. The number of likely N-dealkylation sites (tertiary alicyclic amines) is 1. The van der Waals surface area contributed by atoms with Crippen molar-refractivity contribution in [1.29, 1.82) is 0 Å². The molecule has 0 radical (unpaired) electrons. The van der Waals surface area contributed by atoms with Crippen molar-refractivity contribution in [2.45, 2.75) is 37.3 Å². The average molecular weight is 492 g/mol. The van der Waals surface area contributed by atoms with Gasteiger partial charge in [0.05, 0.1) is 19.0 Å². The molecule has 3 unspecified atom stereocenters. The number of nitrogens with two attached hydrogens (primary N) is 1. The molecular weight excluding hydrogens is 462 g/mol. The second kappa shape index (κ2) is 9.84. The first-order chi connectivity index (χ1) is 17.5. The number of methoxy groups -OCH3 is 1. The minimum absolute atomic E-state index is 0.0295. The maximum Gasteiger partial charge on any atom is 0.410 e. The number of carbonyl (C=O) groups excluding carboxylic acids is 2. The molecule has 0 spiro atoms. The number of hydrazone groups is 1. The van der Waals surface area contributed by atoms with Gasteiger partial charge in [-0.25, -0.2) is 14.6 Å². The summed E-state index contributed by atoms with van der Waals surface area (Å²) in [7, 11) is 3.22. The third kappa shape index (κ3) is 4.43. The number of carbonyl (C=O) groups is 2. The molecule has 11 nitrogen and oxygen atoms in total. The van der Waals surface area contributed by atoms with Crippen molar-refractivity contribution in [3.05, 3.63) is 59.4 Å². The molecule has 1 saturated heterocycles. The van der Waals surface area contributed by atoms with E-state index in [9.17, 15) is 9.59 Å². The smallest absolute Gasteiger partial charge is 0.410 e. The zero-order valence-electron chi connectivity index (χ0n) is 20.3. The fourth-order valence-corrected chi connectivity index (χ4v) is 4.95. The first-order valence-electron chi connectivity index (χ1n) is 11.9. The molecule has 1 amide bonds. The predicted octanol–water partition coefficient (Wildman–Crippen LogP) is 2.38. The van der Waals surface area contributed by atoms with E-state index in [4.69, 9.17) is 20.2 Å². The summed E-state index contributed by atoms with van der Waals surface area (Å²) < 4.78 is 12.3. The highest BCUT2D eigenvalue weighted by Gasteiger charge is 2.43. The highest BCUT2D eigenvalue weighted by atomic mass is 16.6. The number of nitrogen functional groups attached to an aromatic ring is 1. The second-order valence-electron chi connectivity index (χ2n) is 9.10. The third-order valence-corrected chi connectivity index (χ3v) is 6.74. The molecule has 2 aromatic heterocycles. The van der Waals surface area contributed by atoms with E-state index >= 15 is 0 Å². The van der Waals surface area contributed by atoms with Crippen LogP contribution in [-0.4, -0.2) is 76.1 Å². The van der Waals surface area contributed by atoms with Gasteiger partial charge >= 0.3 is 12.1 Å². The van der Waals surface area contributed by atoms with Crippen molar-refractivity contribution in [2.75, 3.05) is 33.0 Å². The lowest BCUT2D eigenvalue weighted by atomic mass is 9.86. The second-order valence-corrected chi connectivity index (χ2v) is 9.10. The fraction of sp³-hybridized carbons (Fsp3) is 0.400. The van der Waals surface area contributed by atoms with Crippen LogP contribution >= 0.6 is 0 Å². The highest BCUT2D eigenvalue weighted by Crippen LogP contribution is 2.35. The number of piperidine rings is 1. The Morgan fingerprint density at radius 1 is 1.22 bits per heavy atom. The van der Waals surface area contributed by atoms with Crippen LogP contribution in [0.2, 0.25) is 0 Å². The van der Waals surface area contributed by atoms with Crippen molar-refractivity contribution < 1.29 is 19.1 Å². The van der Waals surface area contributed by atoms with Crippen LogP contribution in [0.25, 0.3) is 5.65 Å². The van der Waals surface area contributed by atoms with Crippen molar-refractivity contribution in [1.82, 2.24) is 24.5 Å². The van der Waals surface area contributed by atoms with E-state index in [1.165, 1.54) is 12.0 Å². The lowest BCUT2D eigenvalue weighted by Crippen LogP contribution is -2.52. The summed E-state index contributed by atoms with van der Waals surface area (Å²) >= 11 is 0. The van der Waals surface area contributed by atoms with Gasteiger partial charge in [0.15, 0.2) is 5.65 Å². The summed E-state index contributed by atoms with van der Waals surface area (Å²) in [5.41, 5.74) is 9.35. The standard InChI is InChI=1S/C25H29N7O4/c1-30-14-17(12-27-30)19-13-28-32-21(26)11-20(29-23(19)32)18-9-6-10-31(22(18)24(33)35-2)25(34)36-15-16-7-4-3-5-8-16/h3-5,7-8,11-13,17-18,22H,6,9-10,14-15,26H2,1-2H3. The lowest BCUT2D eigenvalue weighted by Gasteiger charge is -2.38. The Kier molecular flexibility index (Phi) is 6.45. The van der Waals surface area contributed by atoms with Gasteiger partial charge in [-0.05, 0) is 18.4 Å². The Hall–Kier alpha value is -4.15. The van der Waals surface area contributed by atoms with E-state index in [2.05, 4.69) is 10.2 Å². The van der Waals surface area contributed by atoms with E-state index in [1.807, 2.05) is 48.6 Å². The topological polar surface area (TPSA) is 128 Å². The Morgan fingerprint density at radius 2 is 2.03 bits per heavy atom. The number of hydrogen-bond donors (Lipinski definition) is 1. The molecule has 5 rings (SSSR count). The number of rotatable bonds is 5. The monoisotopic (exact) mass is 491 g/mol. The summed E-state index contributed by atoms with van der Waals surface area (Å²) in [6.45, 7) is 1.20. The number of anilines is 1. The van der Waals surface area contributed by atoms with Crippen molar-refractivity contribution in [2.24, 2.45) is 5.10 Å². The molecular formula is C25H29N7O4. The van der Waals surface area contributed by atoms with Gasteiger partial charge in [0.25, 0.3) is 0 Å². The van der Waals surface area contributed by atoms with E-state index in [0.29, 0.717) is 43.1 Å². The van der Waals surface area contributed by atoms with Gasteiger partial charge in [-0.15, -0.1) is 0 Å². The summed E-state index contributed by atoms with van der Waals surface area (Å²) in [6, 6.07) is 10.2. The largest absolute Gasteiger partial charge is 0.467 e. The summed E-state index contributed by atoms with van der Waals surface area (Å²) in [6.07, 6.45) is 4.37. The number of ether oxygens (including phenoxy) is 2. The van der Waals surface area contributed by atoms with Crippen LogP contribution in [0.15, 0.2) is 47.7 Å². The zero-order chi connectivity index (χ0) is 25.2. The van der Waals surface area contributed by atoms with Crippen molar-refractivity contribution in [3.63, 3.8) is 0 Å². The van der Waals surface area contributed by atoms with Crippen LogP contribution in [0, 0.1) is 0 Å². The van der Waals surface area contributed by atoms with Crippen LogP contribution in [0.3, 0.4) is 0 Å². The lowest BCUT2D eigenvalue weighted by molar-refractivity contribution is -0.148. The quantitative estimate of drug-likeness (QED) is 0.539. The van der Waals surface area contributed by atoms with Crippen LogP contribution in [0.5, 0.6) is 0 Å². The average Bonchev–Trinajstić information content (AvgIpc) is 3.53. The van der Waals surface area contributed by atoms with E-state index < -0.39 is 24.0 Å². The molecule has 0 saturated carbocycles. The minimum atomic E-state index is -0.882. The molecule has 36 heavy (non-hydrogen) atoms. The zero-order valence-corrected chi connectivity index (χ0v) is 20.3. The Balaban J connectivity index is 1.45. The van der Waals surface area contributed by atoms with E-state index in [1.54, 1.807) is 16.8 Å². The number of amides is 1. The first-order valence-corrected chi connectivity index (χ1v) is 11.9. The fourth-order valence-electron chi connectivity index (χ4n) is 4.95. The Bertz CT molecular complexity index is 1290. The normalized spacial score (nSPS) is 21.7. The first kappa shape index (κ1) is 23.6. The number of esters is 1. The molecule has 11 heteroatoms. The Labute approximate surface area is 208 Å². The van der Waals surface area contributed by atoms with Gasteiger partial charge in [0.2, 0.25) is 0 Å². The highest BCUT2D eigenvalue weighted by molar-refractivity contribution is 5.83. The van der Waals surface area contributed by atoms with Gasteiger partial charge in [-0.3, -0.25) is 9.91 Å². The number of fused-ring (bicyclic) bond motifs is 1. The van der Waals surface area contributed by atoms with Crippen LogP contribution < -0.4 is 5.73 Å². The molecule has 2 N–H and O–H groups in total. The molecule has 1 fully saturated rings. The molecule has 188 valence electrons. The number of hydrogen-bond acceptors (Lipinski definition) is 9. The molecule has 2 aliphatic heterocycles. The van der Waals surface area contributed by atoms with Crippen molar-refractivity contribution in [3.8, 4) is 0 Å². The third-order valence-electron chi connectivity index (χ3n) is 6.74. The molecule has 2 aliphatic rings. The molecule has 1 aromatic carbocycles. The molecule has 0 bridgehead atoms. The maximum absolute atomic E-state index is 13.1. The van der Waals surface area contributed by atoms with Crippen LogP contribution in [0.4, 0.5) is 10.6 Å². The van der Waals surface area contributed by atoms with E-state index in [0.717, 1.165) is 11.1 Å². The maximum atomic E-state index is 13.1. The van der Waals surface area contributed by atoms with Crippen LogP contribution in [-0.2, 0) is 20.9 Å². The number of aromatic nitrogens is 3. The molecule has 3 aromatic rings. The summed E-state index contributed by atoms with van der Waals surface area (Å²) in [5, 5.41) is 10.6. The van der Waals surface area contributed by atoms with Gasteiger partial charge in [-0.1, -0.05) is 30.3 Å². The van der Waals surface area contributed by atoms with Gasteiger partial charge in [0.1, 0.15) is 18.5 Å². The van der Waals surface area contributed by atoms with Gasteiger partial charge < -0.3 is 15.2 Å². The Morgan fingerprint density at radius 3 is 2.75 bits per heavy atom. The minimum Gasteiger partial charge on any atom is -0.467 e. The summed E-state index contributed by atoms with van der Waals surface area (Å²) in [4.78, 5) is 32.4. The SMILES string of the molecule is COC(=O)C1C(c2cc(N)n3ncc(C4C=NN(C)C4)c3n2)CCCN1C(=O)OCc1ccccc1. The van der Waals surface area contributed by atoms with Crippen LogP contribution in [0.1, 0.15) is 41.5 Å². The van der Waals surface area contributed by atoms with Gasteiger partial charge in [0, 0.05) is 49.8 Å². The number of likely N-dealkylation sites (N-methyl/N-ethyl adjacent to an activating group) is 1.